The van der Waals surface area contributed by atoms with Crippen LogP contribution >= 0.6 is 0 Å². The summed E-state index contributed by atoms with van der Waals surface area (Å²) in [5.74, 6) is -1.12. The van der Waals surface area contributed by atoms with Crippen molar-refractivity contribution in [2.24, 2.45) is 16.9 Å². The molecule has 5 heteroatoms. The number of rotatable bonds is 6. The molecule has 3 rings (SSSR count). The zero-order valence-corrected chi connectivity index (χ0v) is 11.7. The second-order valence-electron chi connectivity index (χ2n) is 5.64. The molecule has 2 amide bonds. The van der Waals surface area contributed by atoms with Crippen molar-refractivity contribution in [3.05, 3.63) is 12.2 Å². The summed E-state index contributed by atoms with van der Waals surface area (Å²) in [6.07, 6.45) is 10.4. The van der Waals surface area contributed by atoms with Gasteiger partial charge in [0.25, 0.3) is 11.8 Å². The van der Waals surface area contributed by atoms with E-state index in [0.717, 1.165) is 24.3 Å². The Morgan fingerprint density at radius 3 is 2.40 bits per heavy atom. The number of hydrogen-bond acceptors (Lipinski definition) is 4. The lowest BCUT2D eigenvalue weighted by atomic mass is 9.85. The summed E-state index contributed by atoms with van der Waals surface area (Å²) in [5.41, 5.74) is 0. The minimum atomic E-state index is -0.352. The van der Waals surface area contributed by atoms with E-state index in [9.17, 15) is 9.59 Å². The van der Waals surface area contributed by atoms with Gasteiger partial charge in [0.15, 0.2) is 0 Å². The van der Waals surface area contributed by atoms with Gasteiger partial charge in [-0.25, -0.2) is 0 Å². The largest absolute Gasteiger partial charge is 0.365 e. The van der Waals surface area contributed by atoms with Crippen molar-refractivity contribution < 1.29 is 14.3 Å². The average Bonchev–Trinajstić information content (AvgIpc) is 3.11. The third-order valence-corrected chi connectivity index (χ3v) is 4.27. The van der Waals surface area contributed by atoms with Gasteiger partial charge in [-0.1, -0.05) is 38.3 Å². The number of carbonyl (C=O) groups is 2. The third kappa shape index (κ3) is 2.10. The Labute approximate surface area is 118 Å². The van der Waals surface area contributed by atoms with E-state index < -0.39 is 0 Å². The van der Waals surface area contributed by atoms with Crippen LogP contribution in [0.1, 0.15) is 39.0 Å². The average molecular weight is 276 g/mol. The lowest BCUT2D eigenvalue weighted by molar-refractivity contribution is -0.142. The van der Waals surface area contributed by atoms with Crippen LogP contribution in [0.3, 0.4) is 0 Å². The van der Waals surface area contributed by atoms with Crippen molar-refractivity contribution in [2.45, 2.75) is 51.2 Å². The van der Waals surface area contributed by atoms with Gasteiger partial charge in [0.1, 0.15) is 0 Å². The zero-order valence-electron chi connectivity index (χ0n) is 11.7. The monoisotopic (exact) mass is 276 g/mol. The van der Waals surface area contributed by atoms with Gasteiger partial charge in [-0.05, 0) is 12.8 Å². The molecule has 2 saturated heterocycles. The highest BCUT2D eigenvalue weighted by atomic mass is 16.5. The quantitative estimate of drug-likeness (QED) is 0.322. The number of unbranched alkanes of at least 4 members (excludes halogenated alkanes) is 4. The summed E-state index contributed by atoms with van der Waals surface area (Å²) in [7, 11) is 0. The molecule has 4 atom stereocenters. The van der Waals surface area contributed by atoms with E-state index in [1.807, 2.05) is 12.2 Å². The van der Waals surface area contributed by atoms with E-state index in [-0.39, 0.29) is 35.9 Å². The van der Waals surface area contributed by atoms with Crippen molar-refractivity contribution in [1.29, 1.82) is 0 Å². The first-order valence-corrected chi connectivity index (χ1v) is 7.48. The summed E-state index contributed by atoms with van der Waals surface area (Å²) in [5, 5.41) is 5.15. The highest BCUT2D eigenvalue weighted by molar-refractivity contribution is 6.06. The SMILES string of the molecule is CCCCCC/C=N/N1C(=O)[C@@H]2[C@H](C1=O)[C@@H]1C=C[C@@H]2O1. The number of hydrogen-bond donors (Lipinski definition) is 0. The molecule has 0 N–H and O–H groups in total. The number of ether oxygens (including phenoxy) is 1. The maximum Gasteiger partial charge on any atom is 0.256 e. The molecule has 3 heterocycles. The van der Waals surface area contributed by atoms with Crippen molar-refractivity contribution in [1.82, 2.24) is 5.01 Å². The topological polar surface area (TPSA) is 59.0 Å². The Bertz CT molecular complexity index is 442. The highest BCUT2D eigenvalue weighted by Crippen LogP contribution is 2.45. The summed E-state index contributed by atoms with van der Waals surface area (Å²) in [6.45, 7) is 2.17. The Balaban J connectivity index is 1.58. The van der Waals surface area contributed by atoms with Gasteiger partial charge in [0, 0.05) is 6.21 Å². The van der Waals surface area contributed by atoms with Crippen LogP contribution in [0.2, 0.25) is 0 Å². The molecule has 5 nitrogen and oxygen atoms in total. The van der Waals surface area contributed by atoms with E-state index in [2.05, 4.69) is 12.0 Å². The molecule has 0 aromatic heterocycles. The molecule has 3 aliphatic heterocycles. The van der Waals surface area contributed by atoms with Gasteiger partial charge in [-0.3, -0.25) is 9.59 Å². The maximum absolute atomic E-state index is 12.2. The number of carbonyl (C=O) groups excluding carboxylic acids is 2. The zero-order chi connectivity index (χ0) is 14.1. The van der Waals surface area contributed by atoms with Crippen LogP contribution in [0.4, 0.5) is 0 Å². The summed E-state index contributed by atoms with van der Waals surface area (Å²) < 4.78 is 5.57. The minimum absolute atomic E-state index is 0.207. The molecular formula is C15H20N2O3. The fourth-order valence-electron chi connectivity index (χ4n) is 3.20. The molecular weight excluding hydrogens is 256 g/mol. The molecule has 0 radical (unpaired) electrons. The summed E-state index contributed by atoms with van der Waals surface area (Å²) in [4.78, 5) is 24.5. The fraction of sp³-hybridized carbons (Fsp3) is 0.667. The Morgan fingerprint density at radius 2 is 1.80 bits per heavy atom. The van der Waals surface area contributed by atoms with Crippen molar-refractivity contribution in [3.8, 4) is 0 Å². The van der Waals surface area contributed by atoms with E-state index >= 15 is 0 Å². The smallest absolute Gasteiger partial charge is 0.256 e. The Kier molecular flexibility index (Phi) is 3.70. The van der Waals surface area contributed by atoms with Gasteiger partial charge in [-0.15, -0.1) is 0 Å². The van der Waals surface area contributed by atoms with Gasteiger partial charge in [0.2, 0.25) is 0 Å². The molecule has 20 heavy (non-hydrogen) atoms. The van der Waals surface area contributed by atoms with Gasteiger partial charge < -0.3 is 4.74 Å². The normalized spacial score (nSPS) is 34.8. The first-order valence-electron chi connectivity index (χ1n) is 7.48. The molecule has 0 unspecified atom stereocenters. The van der Waals surface area contributed by atoms with Crippen LogP contribution in [0, 0.1) is 11.8 Å². The van der Waals surface area contributed by atoms with Crippen LogP contribution in [0.15, 0.2) is 17.3 Å². The van der Waals surface area contributed by atoms with Gasteiger partial charge in [0.05, 0.1) is 24.0 Å². The first-order chi connectivity index (χ1) is 9.74. The predicted molar refractivity (Wildman–Crippen MR) is 73.9 cm³/mol. The summed E-state index contributed by atoms with van der Waals surface area (Å²) >= 11 is 0. The van der Waals surface area contributed by atoms with Crippen LogP contribution in [0.5, 0.6) is 0 Å². The first kappa shape index (κ1) is 13.5. The van der Waals surface area contributed by atoms with Crippen LogP contribution in [-0.4, -0.2) is 35.2 Å². The molecule has 108 valence electrons. The van der Waals surface area contributed by atoms with Gasteiger partial charge in [-0.2, -0.15) is 10.1 Å². The van der Waals surface area contributed by atoms with E-state index in [1.54, 1.807) is 6.21 Å². The Morgan fingerprint density at radius 1 is 1.15 bits per heavy atom. The number of imide groups is 1. The number of fused-ring (bicyclic) bond motifs is 5. The van der Waals surface area contributed by atoms with Gasteiger partial charge >= 0.3 is 0 Å². The molecule has 3 aliphatic rings. The number of nitrogens with zero attached hydrogens (tertiary/aromatic N) is 2. The predicted octanol–water partition coefficient (Wildman–Crippen LogP) is 1.88. The standard InChI is InChI=1S/C15H20N2O3/c1-2-3-4-5-6-9-16-17-14(18)12-10-7-8-11(20-10)13(12)15(17)19/h7-13H,2-6H2,1H3/b16-9+/t10-,11-,12-,13+/m0/s1. The Hall–Kier alpha value is -1.49. The van der Waals surface area contributed by atoms with Crippen molar-refractivity contribution in [3.63, 3.8) is 0 Å². The number of amides is 2. The molecule has 2 bridgehead atoms. The molecule has 0 aromatic carbocycles. The maximum atomic E-state index is 12.2. The second-order valence-corrected chi connectivity index (χ2v) is 5.64. The molecule has 0 aromatic rings. The summed E-state index contributed by atoms with van der Waals surface area (Å²) in [6, 6.07) is 0. The molecule has 0 aliphatic carbocycles. The number of hydrazone groups is 1. The van der Waals surface area contributed by atoms with E-state index in [4.69, 9.17) is 4.74 Å². The molecule has 2 fully saturated rings. The van der Waals surface area contributed by atoms with Crippen molar-refractivity contribution >= 4 is 18.0 Å². The highest BCUT2D eigenvalue weighted by Gasteiger charge is 2.61. The lowest BCUT2D eigenvalue weighted by Gasteiger charge is -2.11. The third-order valence-electron chi connectivity index (χ3n) is 4.27. The van der Waals surface area contributed by atoms with Crippen LogP contribution < -0.4 is 0 Å². The lowest BCUT2D eigenvalue weighted by Crippen LogP contribution is -2.30. The molecule has 0 saturated carbocycles. The second kappa shape index (κ2) is 5.48. The van der Waals surface area contributed by atoms with E-state index in [0.29, 0.717) is 0 Å². The van der Waals surface area contributed by atoms with Crippen LogP contribution in [0.25, 0.3) is 0 Å². The minimum Gasteiger partial charge on any atom is -0.365 e. The fourth-order valence-corrected chi connectivity index (χ4v) is 3.20. The van der Waals surface area contributed by atoms with Crippen LogP contribution in [-0.2, 0) is 14.3 Å². The van der Waals surface area contributed by atoms with E-state index in [1.165, 1.54) is 12.8 Å². The molecule has 0 spiro atoms. The van der Waals surface area contributed by atoms with Crippen molar-refractivity contribution in [2.75, 3.05) is 0 Å².